The molecular formula is C17H18O3. The van der Waals surface area contributed by atoms with Crippen molar-refractivity contribution < 1.29 is 14.3 Å². The van der Waals surface area contributed by atoms with E-state index in [1.165, 1.54) is 6.92 Å². The molecule has 0 unspecified atom stereocenters. The van der Waals surface area contributed by atoms with E-state index in [0.29, 0.717) is 6.61 Å². The van der Waals surface area contributed by atoms with E-state index < -0.39 is 0 Å². The maximum Gasteiger partial charge on any atom is 0.302 e. The van der Waals surface area contributed by atoms with Gasteiger partial charge in [-0.3, -0.25) is 9.59 Å². The molecule has 2 rings (SSSR count). The maximum atomic E-state index is 10.6. The summed E-state index contributed by atoms with van der Waals surface area (Å²) in [6.07, 6.45) is 0. The molecular weight excluding hydrogens is 252 g/mol. The van der Waals surface area contributed by atoms with E-state index in [2.05, 4.69) is 0 Å². The third kappa shape index (κ3) is 6.50. The second kappa shape index (κ2) is 8.64. The van der Waals surface area contributed by atoms with Crippen molar-refractivity contribution in [1.29, 1.82) is 0 Å². The Kier molecular flexibility index (Phi) is 6.76. The monoisotopic (exact) mass is 270 g/mol. The topological polar surface area (TPSA) is 43.4 Å². The molecule has 0 atom stereocenters. The number of Topliss-reactive ketones (excluding diaryl/α,β-unsaturated/α-hetero) is 1. The van der Waals surface area contributed by atoms with Gasteiger partial charge in [0.15, 0.2) is 5.78 Å². The van der Waals surface area contributed by atoms with Crippen LogP contribution in [0.3, 0.4) is 0 Å². The molecule has 0 bridgehead atoms. The van der Waals surface area contributed by atoms with Crippen molar-refractivity contribution >= 4 is 11.8 Å². The molecule has 0 spiro atoms. The molecule has 0 aliphatic carbocycles. The Morgan fingerprint density at radius 2 is 1.35 bits per heavy atom. The van der Waals surface area contributed by atoms with Crippen LogP contribution in [0, 0.1) is 0 Å². The third-order valence-electron chi connectivity index (χ3n) is 2.47. The maximum absolute atomic E-state index is 10.6. The molecule has 0 radical (unpaired) electrons. The Hall–Kier alpha value is -2.42. The zero-order valence-corrected chi connectivity index (χ0v) is 11.7. The summed E-state index contributed by atoms with van der Waals surface area (Å²) in [4.78, 5) is 21.0. The summed E-state index contributed by atoms with van der Waals surface area (Å²) in [5, 5.41) is 0. The van der Waals surface area contributed by atoms with Crippen LogP contribution in [0.4, 0.5) is 0 Å². The van der Waals surface area contributed by atoms with Crippen LogP contribution in [0.15, 0.2) is 60.7 Å². The minimum atomic E-state index is -0.242. The molecule has 0 aliphatic heterocycles. The highest BCUT2D eigenvalue weighted by Gasteiger charge is 1.93. The summed E-state index contributed by atoms with van der Waals surface area (Å²) in [5.41, 5.74) is 1.79. The van der Waals surface area contributed by atoms with Crippen molar-refractivity contribution in [3.05, 3.63) is 71.8 Å². The van der Waals surface area contributed by atoms with Gasteiger partial charge in [0.1, 0.15) is 6.61 Å². The normalized spacial score (nSPS) is 9.10. The highest BCUT2D eigenvalue weighted by atomic mass is 16.5. The van der Waals surface area contributed by atoms with Crippen LogP contribution < -0.4 is 0 Å². The predicted octanol–water partition coefficient (Wildman–Crippen LogP) is 3.64. The number of rotatable bonds is 3. The lowest BCUT2D eigenvalue weighted by atomic mass is 10.2. The van der Waals surface area contributed by atoms with Gasteiger partial charge in [0.05, 0.1) is 0 Å². The lowest BCUT2D eigenvalue weighted by Crippen LogP contribution is -1.97. The minimum absolute atomic E-state index is 0.121. The van der Waals surface area contributed by atoms with Gasteiger partial charge >= 0.3 is 5.97 Å². The number of ether oxygens (including phenoxy) is 1. The van der Waals surface area contributed by atoms with E-state index in [4.69, 9.17) is 4.74 Å². The van der Waals surface area contributed by atoms with Crippen LogP contribution in [0.25, 0.3) is 0 Å². The fraction of sp³-hybridized carbons (Fsp3) is 0.176. The van der Waals surface area contributed by atoms with Gasteiger partial charge in [-0.1, -0.05) is 60.7 Å². The lowest BCUT2D eigenvalue weighted by molar-refractivity contribution is -0.142. The van der Waals surface area contributed by atoms with Gasteiger partial charge in [0.2, 0.25) is 0 Å². The molecule has 0 amide bonds. The van der Waals surface area contributed by atoms with Crippen molar-refractivity contribution in [2.75, 3.05) is 0 Å². The van der Waals surface area contributed by atoms with Crippen LogP contribution in [-0.4, -0.2) is 11.8 Å². The van der Waals surface area contributed by atoms with Crippen LogP contribution in [0.2, 0.25) is 0 Å². The Morgan fingerprint density at radius 1 is 0.850 bits per heavy atom. The second-order valence-corrected chi connectivity index (χ2v) is 4.19. The summed E-state index contributed by atoms with van der Waals surface area (Å²) in [6.45, 7) is 3.34. The van der Waals surface area contributed by atoms with Gasteiger partial charge in [0, 0.05) is 12.5 Å². The molecule has 0 N–H and O–H groups in total. The Labute approximate surface area is 119 Å². The van der Waals surface area contributed by atoms with E-state index in [0.717, 1.165) is 11.1 Å². The van der Waals surface area contributed by atoms with Crippen molar-refractivity contribution in [2.24, 2.45) is 0 Å². The average molecular weight is 270 g/mol. The molecule has 3 nitrogen and oxygen atoms in total. The first-order chi connectivity index (χ1) is 9.59. The smallest absolute Gasteiger partial charge is 0.302 e. The fourth-order valence-electron chi connectivity index (χ4n) is 1.43. The van der Waals surface area contributed by atoms with E-state index in [1.54, 1.807) is 6.92 Å². The Bertz CT molecular complexity index is 533. The predicted molar refractivity (Wildman–Crippen MR) is 78.4 cm³/mol. The third-order valence-corrected chi connectivity index (χ3v) is 2.47. The molecule has 0 saturated heterocycles. The highest BCUT2D eigenvalue weighted by molar-refractivity contribution is 5.93. The van der Waals surface area contributed by atoms with Gasteiger partial charge < -0.3 is 4.74 Å². The number of benzene rings is 2. The molecule has 3 heteroatoms. The average Bonchev–Trinajstić information content (AvgIpc) is 2.48. The molecule has 0 fully saturated rings. The number of carbonyl (C=O) groups excluding carboxylic acids is 2. The Morgan fingerprint density at radius 3 is 1.75 bits per heavy atom. The van der Waals surface area contributed by atoms with E-state index in [1.807, 2.05) is 60.7 Å². The van der Waals surface area contributed by atoms with Gasteiger partial charge in [0.25, 0.3) is 0 Å². The summed E-state index contributed by atoms with van der Waals surface area (Å²) in [5.74, 6) is -0.121. The van der Waals surface area contributed by atoms with E-state index in [-0.39, 0.29) is 11.8 Å². The van der Waals surface area contributed by atoms with Crippen molar-refractivity contribution in [1.82, 2.24) is 0 Å². The lowest BCUT2D eigenvalue weighted by Gasteiger charge is -1.99. The Balaban J connectivity index is 0.000000204. The summed E-state index contributed by atoms with van der Waals surface area (Å²) in [6, 6.07) is 18.8. The highest BCUT2D eigenvalue weighted by Crippen LogP contribution is 2.00. The molecule has 104 valence electrons. The van der Waals surface area contributed by atoms with Gasteiger partial charge in [-0.15, -0.1) is 0 Å². The van der Waals surface area contributed by atoms with Crippen LogP contribution in [0.1, 0.15) is 29.8 Å². The van der Waals surface area contributed by atoms with Crippen molar-refractivity contribution in [3.63, 3.8) is 0 Å². The van der Waals surface area contributed by atoms with Crippen molar-refractivity contribution in [2.45, 2.75) is 20.5 Å². The van der Waals surface area contributed by atoms with Gasteiger partial charge in [-0.2, -0.15) is 0 Å². The quantitative estimate of drug-likeness (QED) is 0.631. The molecule has 2 aromatic rings. The number of hydrogen-bond donors (Lipinski definition) is 0. The SMILES string of the molecule is CC(=O)OCc1ccccc1.CC(=O)c1ccccc1. The molecule has 0 heterocycles. The first-order valence-corrected chi connectivity index (χ1v) is 6.33. The number of hydrogen-bond acceptors (Lipinski definition) is 3. The van der Waals surface area contributed by atoms with Gasteiger partial charge in [-0.05, 0) is 12.5 Å². The number of esters is 1. The molecule has 2 aromatic carbocycles. The summed E-state index contributed by atoms with van der Waals surface area (Å²) in [7, 11) is 0. The minimum Gasteiger partial charge on any atom is -0.461 e. The van der Waals surface area contributed by atoms with Crippen LogP contribution >= 0.6 is 0 Å². The first kappa shape index (κ1) is 15.6. The van der Waals surface area contributed by atoms with Crippen LogP contribution in [-0.2, 0) is 16.1 Å². The standard InChI is InChI=1S/C9H10O2.C8H8O/c1-8(10)11-7-9-5-3-2-4-6-9;1-7(9)8-5-3-2-4-6-8/h2-6H,7H2,1H3;2-6H,1H3. The fourth-order valence-corrected chi connectivity index (χ4v) is 1.43. The summed E-state index contributed by atoms with van der Waals surface area (Å²) >= 11 is 0. The zero-order chi connectivity index (χ0) is 14.8. The zero-order valence-electron chi connectivity index (χ0n) is 11.7. The number of carbonyl (C=O) groups is 2. The largest absolute Gasteiger partial charge is 0.461 e. The van der Waals surface area contributed by atoms with E-state index in [9.17, 15) is 9.59 Å². The molecule has 20 heavy (non-hydrogen) atoms. The molecule has 0 aromatic heterocycles. The second-order valence-electron chi connectivity index (χ2n) is 4.19. The summed E-state index contributed by atoms with van der Waals surface area (Å²) < 4.78 is 4.79. The van der Waals surface area contributed by atoms with Crippen LogP contribution in [0.5, 0.6) is 0 Å². The first-order valence-electron chi connectivity index (χ1n) is 6.33. The van der Waals surface area contributed by atoms with Gasteiger partial charge in [-0.25, -0.2) is 0 Å². The van der Waals surface area contributed by atoms with Crippen molar-refractivity contribution in [3.8, 4) is 0 Å². The molecule has 0 saturated carbocycles. The molecule has 0 aliphatic rings. The van der Waals surface area contributed by atoms with E-state index >= 15 is 0 Å². The number of ketones is 1.